The number of carbonyl (C=O) groups is 1. The lowest BCUT2D eigenvalue weighted by molar-refractivity contribution is 0.0952. The van der Waals surface area contributed by atoms with Crippen LogP contribution in [-0.4, -0.2) is 22.2 Å². The van der Waals surface area contributed by atoms with Crippen molar-refractivity contribution < 1.29 is 9.53 Å². The number of halogens is 3. The van der Waals surface area contributed by atoms with E-state index in [4.69, 9.17) is 27.9 Å². The number of nitrogens with one attached hydrogen (secondary N) is 1. The lowest BCUT2D eigenvalue weighted by Crippen LogP contribution is -2.25. The van der Waals surface area contributed by atoms with Crippen molar-refractivity contribution >= 4 is 45.0 Å². The topological polar surface area (TPSA) is 56.2 Å². The van der Waals surface area contributed by atoms with Gasteiger partial charge in [0, 0.05) is 29.9 Å². The van der Waals surface area contributed by atoms with Gasteiger partial charge in [0.05, 0.1) is 15.2 Å². The lowest BCUT2D eigenvalue weighted by atomic mass is 10.1. The van der Waals surface area contributed by atoms with Crippen LogP contribution in [0.25, 0.3) is 0 Å². The molecule has 1 N–H and O–H groups in total. The largest absolute Gasteiger partial charge is 0.487 e. The van der Waals surface area contributed by atoms with Crippen LogP contribution in [0, 0.1) is 6.92 Å². The van der Waals surface area contributed by atoms with E-state index in [-0.39, 0.29) is 5.91 Å². The van der Waals surface area contributed by atoms with Crippen LogP contribution in [0.4, 0.5) is 0 Å². The van der Waals surface area contributed by atoms with Crippen LogP contribution in [0.3, 0.4) is 0 Å². The predicted molar refractivity (Wildman–Crippen MR) is 119 cm³/mol. The van der Waals surface area contributed by atoms with Crippen LogP contribution in [-0.2, 0) is 13.2 Å². The molecular weight excluding hydrogens is 477 g/mol. The van der Waals surface area contributed by atoms with E-state index in [1.54, 1.807) is 30.3 Å². The molecule has 1 aromatic heterocycles. The van der Waals surface area contributed by atoms with E-state index in [0.29, 0.717) is 34.5 Å². The molecule has 5 nitrogen and oxygen atoms in total. The molecule has 8 heteroatoms. The number of aromatic nitrogens is 2. The Kier molecular flexibility index (Phi) is 7.58. The zero-order chi connectivity index (χ0) is 20.8. The summed E-state index contributed by atoms with van der Waals surface area (Å²) in [6.45, 7) is 3.62. The lowest BCUT2D eigenvalue weighted by Gasteiger charge is -2.09. The highest BCUT2D eigenvalue weighted by Gasteiger charge is 2.07. The van der Waals surface area contributed by atoms with Gasteiger partial charge in [-0.1, -0.05) is 35.3 Å². The Morgan fingerprint density at radius 2 is 1.97 bits per heavy atom. The van der Waals surface area contributed by atoms with Crippen molar-refractivity contribution in [2.45, 2.75) is 26.5 Å². The monoisotopic (exact) mass is 495 g/mol. The number of benzene rings is 2. The van der Waals surface area contributed by atoms with E-state index >= 15 is 0 Å². The molecule has 1 heterocycles. The first kappa shape index (κ1) is 21.7. The molecule has 29 heavy (non-hydrogen) atoms. The number of ether oxygens (including phenoxy) is 1. The molecule has 0 saturated heterocycles. The van der Waals surface area contributed by atoms with Gasteiger partial charge in [-0.15, -0.1) is 0 Å². The van der Waals surface area contributed by atoms with Gasteiger partial charge in [-0.2, -0.15) is 5.10 Å². The predicted octanol–water partition coefficient (Wildman–Crippen LogP) is 5.66. The van der Waals surface area contributed by atoms with Crippen LogP contribution in [0.5, 0.6) is 5.75 Å². The maximum Gasteiger partial charge on any atom is 0.251 e. The van der Waals surface area contributed by atoms with Crippen molar-refractivity contribution in [3.05, 3.63) is 80.0 Å². The minimum Gasteiger partial charge on any atom is -0.487 e. The van der Waals surface area contributed by atoms with E-state index in [1.807, 2.05) is 29.9 Å². The summed E-state index contributed by atoms with van der Waals surface area (Å²) in [7, 11) is 0. The molecular formula is C21H20BrCl2N3O2. The minimum atomic E-state index is -0.101. The molecule has 0 aliphatic carbocycles. The summed E-state index contributed by atoms with van der Waals surface area (Å²) >= 11 is 15.4. The highest BCUT2D eigenvalue weighted by atomic mass is 79.9. The average molecular weight is 497 g/mol. The van der Waals surface area contributed by atoms with Crippen LogP contribution in [0.1, 0.15) is 28.0 Å². The molecule has 152 valence electrons. The summed E-state index contributed by atoms with van der Waals surface area (Å²) in [5.41, 5.74) is 2.50. The van der Waals surface area contributed by atoms with Gasteiger partial charge in [-0.3, -0.25) is 9.48 Å². The highest BCUT2D eigenvalue weighted by Crippen LogP contribution is 2.28. The standard InChI is InChI=1S/C21H20BrCl2N3O2/c1-14-18(22)12-27(26-14)10-2-9-25-21(28)16-5-3-15(4-6-16)13-29-20-8-7-17(23)11-19(20)24/h3-8,11-12H,2,9-10,13H2,1H3,(H,25,28). The second kappa shape index (κ2) is 10.1. The molecule has 0 atom stereocenters. The molecule has 2 aromatic carbocycles. The number of amides is 1. The Hall–Kier alpha value is -2.02. The maximum absolute atomic E-state index is 12.3. The van der Waals surface area contributed by atoms with Crippen LogP contribution in [0.2, 0.25) is 10.0 Å². The third-order valence-corrected chi connectivity index (χ3v) is 5.55. The van der Waals surface area contributed by atoms with Crippen LogP contribution in [0.15, 0.2) is 53.1 Å². The summed E-state index contributed by atoms with van der Waals surface area (Å²) in [5.74, 6) is 0.466. The SMILES string of the molecule is Cc1nn(CCCNC(=O)c2ccc(COc3ccc(Cl)cc3Cl)cc2)cc1Br. The van der Waals surface area contributed by atoms with Gasteiger partial charge in [-0.25, -0.2) is 0 Å². The molecule has 0 fully saturated rings. The molecule has 0 aliphatic heterocycles. The zero-order valence-corrected chi connectivity index (χ0v) is 18.9. The summed E-state index contributed by atoms with van der Waals surface area (Å²) in [6.07, 6.45) is 2.74. The van der Waals surface area contributed by atoms with Crippen LogP contribution >= 0.6 is 39.1 Å². The van der Waals surface area contributed by atoms with E-state index in [1.165, 1.54) is 0 Å². The number of aryl methyl sites for hydroxylation is 2. The average Bonchev–Trinajstić information content (AvgIpc) is 3.02. The second-order valence-electron chi connectivity index (χ2n) is 6.50. The molecule has 0 saturated carbocycles. The van der Waals surface area contributed by atoms with Gasteiger partial charge >= 0.3 is 0 Å². The van der Waals surface area contributed by atoms with Gasteiger partial charge < -0.3 is 10.1 Å². The van der Waals surface area contributed by atoms with Crippen LogP contribution < -0.4 is 10.1 Å². The smallest absolute Gasteiger partial charge is 0.251 e. The molecule has 0 bridgehead atoms. The Morgan fingerprint density at radius 1 is 1.21 bits per heavy atom. The molecule has 1 amide bonds. The fourth-order valence-electron chi connectivity index (χ4n) is 2.66. The first-order chi connectivity index (χ1) is 13.9. The van der Waals surface area contributed by atoms with Crippen molar-refractivity contribution in [3.63, 3.8) is 0 Å². The third kappa shape index (κ3) is 6.23. The van der Waals surface area contributed by atoms with Crippen molar-refractivity contribution in [1.82, 2.24) is 15.1 Å². The van der Waals surface area contributed by atoms with Crippen molar-refractivity contribution in [1.29, 1.82) is 0 Å². The van der Waals surface area contributed by atoms with Crippen molar-refractivity contribution in [2.24, 2.45) is 0 Å². The Bertz CT molecular complexity index is 971. The first-order valence-corrected chi connectivity index (χ1v) is 10.6. The van der Waals surface area contributed by atoms with Gasteiger partial charge in [0.2, 0.25) is 0 Å². The zero-order valence-electron chi connectivity index (χ0n) is 15.8. The number of hydrogen-bond donors (Lipinski definition) is 1. The summed E-state index contributed by atoms with van der Waals surface area (Å²) in [5, 5.41) is 8.33. The van der Waals surface area contributed by atoms with Gasteiger partial charge in [-0.05, 0) is 65.2 Å². The quantitative estimate of drug-likeness (QED) is 0.409. The van der Waals surface area contributed by atoms with E-state index in [0.717, 1.165) is 28.7 Å². The Morgan fingerprint density at radius 3 is 2.62 bits per heavy atom. The maximum atomic E-state index is 12.3. The van der Waals surface area contributed by atoms with E-state index in [2.05, 4.69) is 26.3 Å². The van der Waals surface area contributed by atoms with Gasteiger partial charge in [0.25, 0.3) is 5.91 Å². The fourth-order valence-corrected chi connectivity index (χ4v) is 3.44. The number of carbonyl (C=O) groups excluding carboxylic acids is 1. The van der Waals surface area contributed by atoms with E-state index < -0.39 is 0 Å². The molecule has 0 spiro atoms. The minimum absolute atomic E-state index is 0.101. The first-order valence-electron chi connectivity index (χ1n) is 9.07. The molecule has 0 unspecified atom stereocenters. The van der Waals surface area contributed by atoms with E-state index in [9.17, 15) is 4.79 Å². The second-order valence-corrected chi connectivity index (χ2v) is 8.19. The summed E-state index contributed by atoms with van der Waals surface area (Å²) < 4.78 is 8.57. The number of nitrogens with zero attached hydrogens (tertiary/aromatic N) is 2. The normalized spacial score (nSPS) is 10.8. The molecule has 3 rings (SSSR count). The summed E-state index contributed by atoms with van der Waals surface area (Å²) in [4.78, 5) is 12.3. The Balaban J connectivity index is 1.44. The van der Waals surface area contributed by atoms with Crippen molar-refractivity contribution in [2.75, 3.05) is 6.54 Å². The highest BCUT2D eigenvalue weighted by molar-refractivity contribution is 9.10. The summed E-state index contributed by atoms with van der Waals surface area (Å²) in [6, 6.07) is 12.4. The van der Waals surface area contributed by atoms with Gasteiger partial charge in [0.15, 0.2) is 0 Å². The number of rotatable bonds is 8. The van der Waals surface area contributed by atoms with Gasteiger partial charge in [0.1, 0.15) is 12.4 Å². The third-order valence-electron chi connectivity index (χ3n) is 4.24. The Labute approximate surface area is 188 Å². The van der Waals surface area contributed by atoms with Crippen molar-refractivity contribution in [3.8, 4) is 5.75 Å². The molecule has 0 radical (unpaired) electrons. The fraction of sp³-hybridized carbons (Fsp3) is 0.238. The number of hydrogen-bond acceptors (Lipinski definition) is 3. The molecule has 0 aliphatic rings. The molecule has 3 aromatic rings.